The van der Waals surface area contributed by atoms with Crippen molar-refractivity contribution in [2.24, 2.45) is 46.3 Å². The van der Waals surface area contributed by atoms with Crippen LogP contribution in [0.5, 0.6) is 0 Å². The summed E-state index contributed by atoms with van der Waals surface area (Å²) in [5, 5.41) is 31.8. The van der Waals surface area contributed by atoms with Gasteiger partial charge in [-0.25, -0.2) is 0 Å². The van der Waals surface area contributed by atoms with Crippen molar-refractivity contribution < 1.29 is 15.3 Å². The second-order valence-corrected chi connectivity index (χ2v) is 15.0. The Kier molecular flexibility index (Phi) is 7.36. The van der Waals surface area contributed by atoms with Crippen molar-refractivity contribution in [1.82, 2.24) is 0 Å². The predicted octanol–water partition coefficient (Wildman–Crippen LogP) is 7.29. The van der Waals surface area contributed by atoms with Crippen molar-refractivity contribution in [2.75, 3.05) is 0 Å². The molecule has 0 heterocycles. The van der Waals surface area contributed by atoms with Gasteiger partial charge in [-0.1, -0.05) is 50.3 Å². The van der Waals surface area contributed by atoms with Gasteiger partial charge in [-0.2, -0.15) is 0 Å². The number of rotatable bonds is 6. The second kappa shape index (κ2) is 10.3. The fourth-order valence-electron chi connectivity index (χ4n) is 11.0. The van der Waals surface area contributed by atoms with E-state index in [0.29, 0.717) is 36.0 Å². The third kappa shape index (κ3) is 4.83. The van der Waals surface area contributed by atoms with Gasteiger partial charge in [0.15, 0.2) is 0 Å². The highest BCUT2D eigenvalue weighted by atomic mass is 16.3. The van der Waals surface area contributed by atoms with Gasteiger partial charge in [0.05, 0.1) is 18.3 Å². The molecule has 0 unspecified atom stereocenters. The van der Waals surface area contributed by atoms with Gasteiger partial charge >= 0.3 is 0 Å². The maximum absolute atomic E-state index is 11.4. The van der Waals surface area contributed by atoms with Crippen LogP contribution in [0.1, 0.15) is 104 Å². The number of fused-ring (bicyclic) bond motifs is 1. The Labute approximate surface area is 231 Å². The molecule has 3 nitrogen and oxygen atoms in total. The minimum absolute atomic E-state index is 0.157. The lowest BCUT2D eigenvalue weighted by Crippen LogP contribution is -2.51. The average molecular weight is 521 g/mol. The van der Waals surface area contributed by atoms with Crippen LogP contribution in [0, 0.1) is 46.3 Å². The molecule has 0 amide bonds. The zero-order valence-corrected chi connectivity index (χ0v) is 24.0. The van der Waals surface area contributed by atoms with E-state index in [1.54, 1.807) is 5.57 Å². The third-order valence-corrected chi connectivity index (χ3v) is 12.5. The highest BCUT2D eigenvalue weighted by Crippen LogP contribution is 2.62. The van der Waals surface area contributed by atoms with Crippen molar-refractivity contribution in [3.05, 3.63) is 47.6 Å². The lowest BCUT2D eigenvalue weighted by Gasteiger charge is -2.58. The van der Waals surface area contributed by atoms with E-state index in [4.69, 9.17) is 0 Å². The van der Waals surface area contributed by atoms with Crippen LogP contribution in [0.3, 0.4) is 0 Å². The molecule has 3 heteroatoms. The smallest absolute Gasteiger partial charge is 0.0811 e. The summed E-state index contributed by atoms with van der Waals surface area (Å²) >= 11 is 0. The highest BCUT2D eigenvalue weighted by Gasteiger charge is 2.54. The molecule has 210 valence electrons. The topological polar surface area (TPSA) is 60.7 Å². The highest BCUT2D eigenvalue weighted by molar-refractivity contribution is 5.38. The van der Waals surface area contributed by atoms with E-state index in [2.05, 4.69) is 44.7 Å². The van der Waals surface area contributed by atoms with Crippen LogP contribution >= 0.6 is 0 Å². The van der Waals surface area contributed by atoms with E-state index < -0.39 is 12.2 Å². The van der Waals surface area contributed by atoms with Gasteiger partial charge in [0, 0.05) is 6.42 Å². The number of aliphatic hydroxyl groups excluding tert-OH is 3. The molecule has 0 spiro atoms. The van der Waals surface area contributed by atoms with Crippen LogP contribution < -0.4 is 0 Å². The quantitative estimate of drug-likeness (QED) is 0.322. The van der Waals surface area contributed by atoms with Crippen molar-refractivity contribution >= 4 is 0 Å². The maximum Gasteiger partial charge on any atom is 0.0811 e. The SMILES string of the molecule is C=C1/C(=C\C=C2/CCC[C@]3(C)[C@@H]([C@H](C)/C=C/C[C@H](O)C45CC6CC(CC(C6)C4)C5)CC[C@@H]23)C[C@@H](O)C[C@@H]1O. The molecule has 7 atom stereocenters. The molecular formula is C35H52O3. The van der Waals surface area contributed by atoms with Crippen molar-refractivity contribution in [1.29, 1.82) is 0 Å². The second-order valence-electron chi connectivity index (χ2n) is 15.0. The minimum atomic E-state index is -0.620. The molecule has 0 aliphatic heterocycles. The average Bonchev–Trinajstić information content (AvgIpc) is 3.22. The molecule has 7 aliphatic rings. The summed E-state index contributed by atoms with van der Waals surface area (Å²) in [6, 6.07) is 0. The number of allylic oxidation sites excluding steroid dienone is 4. The minimum Gasteiger partial charge on any atom is -0.393 e. The molecule has 4 bridgehead atoms. The predicted molar refractivity (Wildman–Crippen MR) is 154 cm³/mol. The molecular weight excluding hydrogens is 468 g/mol. The van der Waals surface area contributed by atoms with E-state index in [0.717, 1.165) is 41.7 Å². The Morgan fingerprint density at radius 2 is 1.68 bits per heavy atom. The Balaban J connectivity index is 1.10. The molecule has 0 aromatic rings. The van der Waals surface area contributed by atoms with Gasteiger partial charge in [0.1, 0.15) is 0 Å². The van der Waals surface area contributed by atoms with Gasteiger partial charge in [-0.15, -0.1) is 0 Å². The summed E-state index contributed by atoms with van der Waals surface area (Å²) in [6.45, 7) is 9.06. The summed E-state index contributed by atoms with van der Waals surface area (Å²) in [5.74, 6) is 4.53. The van der Waals surface area contributed by atoms with Crippen LogP contribution in [0.2, 0.25) is 0 Å². The van der Waals surface area contributed by atoms with E-state index in [-0.39, 0.29) is 11.5 Å². The van der Waals surface area contributed by atoms with E-state index in [9.17, 15) is 15.3 Å². The molecule has 0 aromatic heterocycles. The van der Waals surface area contributed by atoms with Gasteiger partial charge in [0.2, 0.25) is 0 Å². The van der Waals surface area contributed by atoms with Crippen molar-refractivity contribution in [2.45, 2.75) is 122 Å². The zero-order valence-electron chi connectivity index (χ0n) is 24.0. The first-order valence-corrected chi connectivity index (χ1v) is 16.0. The first kappa shape index (κ1) is 27.0. The van der Waals surface area contributed by atoms with E-state index in [1.807, 2.05) is 0 Å². The molecule has 7 fully saturated rings. The van der Waals surface area contributed by atoms with Crippen LogP contribution in [-0.4, -0.2) is 33.6 Å². The normalized spacial score (nSPS) is 48.2. The molecule has 7 aliphatic carbocycles. The van der Waals surface area contributed by atoms with Crippen LogP contribution in [0.25, 0.3) is 0 Å². The van der Waals surface area contributed by atoms with Gasteiger partial charge < -0.3 is 15.3 Å². The largest absolute Gasteiger partial charge is 0.393 e. The fourth-order valence-corrected chi connectivity index (χ4v) is 11.0. The third-order valence-electron chi connectivity index (χ3n) is 12.5. The van der Waals surface area contributed by atoms with Crippen molar-refractivity contribution in [3.63, 3.8) is 0 Å². The first-order chi connectivity index (χ1) is 18.2. The number of hydrogen-bond acceptors (Lipinski definition) is 3. The lowest BCUT2D eigenvalue weighted by atomic mass is 9.48. The zero-order chi connectivity index (χ0) is 26.7. The number of hydrogen-bond donors (Lipinski definition) is 3. The Bertz CT molecular complexity index is 967. The van der Waals surface area contributed by atoms with Gasteiger partial charge in [-0.05, 0) is 141 Å². The first-order valence-electron chi connectivity index (χ1n) is 16.0. The lowest BCUT2D eigenvalue weighted by molar-refractivity contribution is -0.118. The number of aliphatic hydroxyl groups is 3. The van der Waals surface area contributed by atoms with Crippen LogP contribution in [0.15, 0.2) is 47.6 Å². The summed E-state index contributed by atoms with van der Waals surface area (Å²) in [7, 11) is 0. The molecule has 0 aromatic carbocycles. The van der Waals surface area contributed by atoms with Gasteiger partial charge in [0.25, 0.3) is 0 Å². The Morgan fingerprint density at radius 3 is 2.37 bits per heavy atom. The molecule has 38 heavy (non-hydrogen) atoms. The maximum atomic E-state index is 11.4. The summed E-state index contributed by atoms with van der Waals surface area (Å²) < 4.78 is 0. The fraction of sp³-hybridized carbons (Fsp3) is 0.771. The van der Waals surface area contributed by atoms with E-state index in [1.165, 1.54) is 64.2 Å². The summed E-state index contributed by atoms with van der Waals surface area (Å²) in [5.41, 5.74) is 3.90. The summed E-state index contributed by atoms with van der Waals surface area (Å²) in [4.78, 5) is 0. The Morgan fingerprint density at radius 1 is 1.00 bits per heavy atom. The van der Waals surface area contributed by atoms with Crippen LogP contribution in [-0.2, 0) is 0 Å². The molecule has 7 saturated carbocycles. The molecule has 0 saturated heterocycles. The molecule has 3 N–H and O–H groups in total. The molecule has 0 radical (unpaired) electrons. The van der Waals surface area contributed by atoms with Crippen molar-refractivity contribution in [3.8, 4) is 0 Å². The monoisotopic (exact) mass is 520 g/mol. The van der Waals surface area contributed by atoms with Gasteiger partial charge in [-0.3, -0.25) is 0 Å². The molecule has 7 rings (SSSR count). The van der Waals surface area contributed by atoms with E-state index >= 15 is 0 Å². The Hall–Kier alpha value is -1.16. The van der Waals surface area contributed by atoms with Crippen LogP contribution in [0.4, 0.5) is 0 Å². The standard InChI is InChI=1S/C35H52O3/c1-22(6-4-8-33(38)35-19-24-14-25(20-35)16-26(15-24)21-35)30-11-12-31-27(7-5-13-34(30,31)3)9-10-28-17-29(36)18-32(37)23(28)2/h4,6,9-10,22,24-26,29-33,36-38H,2,5,7-8,11-21H2,1,3H3/b6-4+,27-9+,28-10-/t22-,24?,25?,26?,29-,30-,31+,32+,33+,34-,35?/m1/s1. The summed E-state index contributed by atoms with van der Waals surface area (Å²) in [6.07, 6.45) is 24.3.